The third kappa shape index (κ3) is 10.1. The van der Waals surface area contributed by atoms with Gasteiger partial charge in [-0.1, -0.05) is 18.2 Å². The number of benzene rings is 2. The standard InChI is InChI=1S/C46H64N6O10/c1-43(2,3)60-40(56)48-31(13-12-23-47-39(49-41(57)61-44(4,5)6)50-42(58)62-45(7,8)9)38(55)51(10)29-17-14-27(15-18-29)26-52(11)24-22-46-30-19-21-34(54)37(46)59-36-33(53)20-16-28(35(36)46)25-32(30)52/h14-18,20,30-32,37H,12-13,19,21-26H2,1-11H3,(H3-,47,48,49,50,53,56,57,58)/p+1/t30-,31-,32+,37?,46-,52+/m0/s1. The number of piperidine rings is 1. The Kier molecular flexibility index (Phi) is 12.7. The zero-order chi connectivity index (χ0) is 45.6. The van der Waals surface area contributed by atoms with Crippen LogP contribution < -0.4 is 25.6 Å². The van der Waals surface area contributed by atoms with Crippen molar-refractivity contribution in [2.24, 2.45) is 10.9 Å². The molecule has 62 heavy (non-hydrogen) atoms. The molecule has 1 saturated carbocycles. The van der Waals surface area contributed by atoms with E-state index in [1.54, 1.807) is 75.4 Å². The number of ether oxygens (including phenoxy) is 4. The van der Waals surface area contributed by atoms with Crippen LogP contribution >= 0.6 is 0 Å². The van der Waals surface area contributed by atoms with E-state index in [1.165, 1.54) is 4.90 Å². The van der Waals surface area contributed by atoms with Gasteiger partial charge in [0.15, 0.2) is 23.4 Å². The molecule has 1 saturated heterocycles. The predicted molar refractivity (Wildman–Crippen MR) is 232 cm³/mol. The van der Waals surface area contributed by atoms with Crippen molar-refractivity contribution < 1.29 is 52.5 Å². The average Bonchev–Trinajstić information content (AvgIpc) is 3.50. The first kappa shape index (κ1) is 46.1. The number of carbonyl (C=O) groups is 5. The minimum absolute atomic E-state index is 0.0539. The highest BCUT2D eigenvalue weighted by molar-refractivity contribution is 6.01. The Morgan fingerprint density at radius 3 is 2.11 bits per heavy atom. The number of nitrogens with one attached hydrogen (secondary N) is 3. The second-order valence-electron chi connectivity index (χ2n) is 20.4. The number of Topliss-reactive ketones (excluding diaryl/α,β-unsaturated/α-hetero) is 1. The van der Waals surface area contributed by atoms with Gasteiger partial charge in [-0.25, -0.2) is 14.4 Å². The Bertz CT molecular complexity index is 2070. The van der Waals surface area contributed by atoms with Crippen LogP contribution in [-0.4, -0.2) is 108 Å². The quantitative estimate of drug-likeness (QED) is 0.0722. The van der Waals surface area contributed by atoms with Crippen LogP contribution in [0.4, 0.5) is 20.1 Å². The van der Waals surface area contributed by atoms with Crippen molar-refractivity contribution in [3.05, 3.63) is 53.1 Å². The zero-order valence-corrected chi connectivity index (χ0v) is 38.1. The number of rotatable bonds is 9. The SMILES string of the molecule is CN(C(=O)[C@H](CCCN=C(NC(=O)OC(C)(C)C)NC(=O)OC(C)(C)C)NC(=O)OC(C)(C)C)c1ccc(C[N@@+]2(C)CC[C@]34c5c6ccc(O)c5OC3C(=O)CC[C@H]4[C@H]2C6)cc1. The summed E-state index contributed by atoms with van der Waals surface area (Å²) in [6.45, 7) is 17.1. The molecule has 16 nitrogen and oxygen atoms in total. The molecule has 1 unspecified atom stereocenters. The maximum Gasteiger partial charge on any atom is 0.414 e. The second-order valence-corrected chi connectivity index (χ2v) is 20.4. The molecule has 338 valence electrons. The van der Waals surface area contributed by atoms with Gasteiger partial charge < -0.3 is 38.8 Å². The lowest BCUT2D eigenvalue weighted by atomic mass is 9.51. The van der Waals surface area contributed by atoms with E-state index in [0.29, 0.717) is 17.9 Å². The average molecular weight is 862 g/mol. The van der Waals surface area contributed by atoms with Crippen LogP contribution in [0.25, 0.3) is 0 Å². The number of hydrogen-bond donors (Lipinski definition) is 4. The summed E-state index contributed by atoms with van der Waals surface area (Å²) in [5.41, 5.74) is 1.14. The maximum atomic E-state index is 14.1. The summed E-state index contributed by atoms with van der Waals surface area (Å²) in [6.07, 6.45) is 0.361. The van der Waals surface area contributed by atoms with Crippen LogP contribution in [-0.2, 0) is 42.2 Å². The van der Waals surface area contributed by atoms with E-state index in [0.717, 1.165) is 53.5 Å². The Hall–Kier alpha value is -5.38. The van der Waals surface area contributed by atoms with E-state index in [2.05, 4.69) is 28.0 Å². The zero-order valence-electron chi connectivity index (χ0n) is 38.1. The van der Waals surface area contributed by atoms with Crippen LogP contribution in [0.3, 0.4) is 0 Å². The first-order valence-electron chi connectivity index (χ1n) is 21.6. The number of likely N-dealkylation sites (N-methyl/N-ethyl adjacent to an activating group) is 2. The van der Waals surface area contributed by atoms with Gasteiger partial charge in [-0.2, -0.15) is 0 Å². The van der Waals surface area contributed by atoms with Gasteiger partial charge in [-0.15, -0.1) is 0 Å². The van der Waals surface area contributed by atoms with Gasteiger partial charge in [0.05, 0.1) is 25.0 Å². The molecule has 2 aromatic rings. The topological polar surface area (TPSA) is 194 Å². The highest BCUT2D eigenvalue weighted by atomic mass is 16.6. The van der Waals surface area contributed by atoms with Crippen LogP contribution in [0, 0.1) is 5.92 Å². The molecule has 4 aliphatic rings. The normalized spacial score (nSPS) is 24.0. The van der Waals surface area contributed by atoms with Crippen molar-refractivity contribution in [2.75, 3.05) is 32.1 Å². The molecule has 2 bridgehead atoms. The number of hydrogen-bond acceptors (Lipinski definition) is 11. The molecule has 6 atom stereocenters. The summed E-state index contributed by atoms with van der Waals surface area (Å²) in [4.78, 5) is 71.4. The fourth-order valence-corrected chi connectivity index (χ4v) is 9.69. The summed E-state index contributed by atoms with van der Waals surface area (Å²) in [5.74, 6) is 0.415. The number of ketones is 1. The number of quaternary nitrogens is 1. The minimum Gasteiger partial charge on any atom is -0.504 e. The summed E-state index contributed by atoms with van der Waals surface area (Å²) < 4.78 is 23.3. The van der Waals surface area contributed by atoms with Crippen LogP contribution in [0.15, 0.2) is 41.4 Å². The monoisotopic (exact) mass is 861 g/mol. The van der Waals surface area contributed by atoms with Gasteiger partial charge in [-0.05, 0) is 105 Å². The molecule has 6 rings (SSSR count). The summed E-state index contributed by atoms with van der Waals surface area (Å²) in [6, 6.07) is 10.8. The lowest BCUT2D eigenvalue weighted by Gasteiger charge is -2.60. The Labute approximate surface area is 364 Å². The van der Waals surface area contributed by atoms with Crippen molar-refractivity contribution >= 4 is 41.6 Å². The fourth-order valence-electron chi connectivity index (χ4n) is 9.69. The molecule has 2 aromatic carbocycles. The molecule has 2 fully saturated rings. The number of likely N-dealkylation sites (tertiary alicyclic amines) is 1. The molecule has 1 spiro atoms. The Morgan fingerprint density at radius 1 is 0.919 bits per heavy atom. The summed E-state index contributed by atoms with van der Waals surface area (Å²) in [5, 5.41) is 18.4. The number of anilines is 1. The van der Waals surface area contributed by atoms with Crippen LogP contribution in [0.2, 0.25) is 0 Å². The Balaban J connectivity index is 1.15. The lowest BCUT2D eigenvalue weighted by molar-refractivity contribution is -0.957. The number of aromatic hydroxyl groups is 1. The van der Waals surface area contributed by atoms with E-state index in [1.807, 2.05) is 30.3 Å². The maximum absolute atomic E-state index is 14.1. The largest absolute Gasteiger partial charge is 0.504 e. The van der Waals surface area contributed by atoms with Gasteiger partial charge in [0.25, 0.3) is 0 Å². The van der Waals surface area contributed by atoms with Crippen molar-refractivity contribution in [1.82, 2.24) is 16.0 Å². The summed E-state index contributed by atoms with van der Waals surface area (Å²) in [7, 11) is 3.95. The molecular formula is C46H65N6O10+. The van der Waals surface area contributed by atoms with Crippen molar-refractivity contribution in [3.63, 3.8) is 0 Å². The third-order valence-corrected chi connectivity index (χ3v) is 12.1. The second kappa shape index (κ2) is 17.1. The first-order chi connectivity index (χ1) is 28.8. The van der Waals surface area contributed by atoms with E-state index in [9.17, 15) is 29.1 Å². The predicted octanol–water partition coefficient (Wildman–Crippen LogP) is 6.39. The number of amides is 4. The van der Waals surface area contributed by atoms with Crippen molar-refractivity contribution in [1.29, 1.82) is 0 Å². The van der Waals surface area contributed by atoms with Crippen molar-refractivity contribution in [2.45, 2.75) is 148 Å². The minimum atomic E-state index is -1.00. The Morgan fingerprint density at radius 2 is 1.52 bits per heavy atom. The van der Waals surface area contributed by atoms with E-state index in [-0.39, 0.29) is 54.7 Å². The van der Waals surface area contributed by atoms with Crippen LogP contribution in [0.5, 0.6) is 11.5 Å². The van der Waals surface area contributed by atoms with E-state index in [4.69, 9.17) is 18.9 Å². The van der Waals surface area contributed by atoms with Gasteiger partial charge in [0.2, 0.25) is 11.9 Å². The molecule has 0 radical (unpaired) electrons. The molecule has 2 aliphatic carbocycles. The number of nitrogens with zero attached hydrogens (tertiary/aromatic N) is 3. The van der Waals surface area contributed by atoms with E-state index >= 15 is 0 Å². The number of carbonyl (C=O) groups excluding carboxylic acids is 5. The molecule has 0 aromatic heterocycles. The smallest absolute Gasteiger partial charge is 0.414 e. The number of phenols is 1. The van der Waals surface area contributed by atoms with Gasteiger partial charge in [-0.3, -0.25) is 25.2 Å². The lowest BCUT2D eigenvalue weighted by Crippen LogP contribution is -2.71. The first-order valence-corrected chi connectivity index (χ1v) is 21.6. The number of alkyl carbamates (subject to hydrolysis) is 3. The van der Waals surface area contributed by atoms with Gasteiger partial charge >= 0.3 is 18.3 Å². The highest BCUT2D eigenvalue weighted by Gasteiger charge is 2.69. The van der Waals surface area contributed by atoms with Crippen LogP contribution in [0.1, 0.15) is 111 Å². The fraction of sp³-hybridized carbons (Fsp3) is 0.609. The van der Waals surface area contributed by atoms with E-state index < -0.39 is 52.6 Å². The summed E-state index contributed by atoms with van der Waals surface area (Å²) >= 11 is 0. The number of guanidine groups is 1. The van der Waals surface area contributed by atoms with Gasteiger partial charge in [0.1, 0.15) is 29.4 Å². The number of aliphatic imine (C=N–C) groups is 1. The van der Waals surface area contributed by atoms with Crippen molar-refractivity contribution in [3.8, 4) is 11.5 Å². The molecule has 2 heterocycles. The van der Waals surface area contributed by atoms with Gasteiger partial charge in [0, 0.05) is 55.6 Å². The number of phenolic OH excluding ortho intramolecular Hbond substituents is 1. The highest BCUT2D eigenvalue weighted by Crippen LogP contribution is 2.64. The molecule has 2 aliphatic heterocycles. The molecule has 4 amide bonds. The third-order valence-electron chi connectivity index (χ3n) is 12.1. The molecule has 16 heteroatoms. The molecule has 4 N–H and O–H groups in total. The molecular weight excluding hydrogens is 797 g/mol.